The van der Waals surface area contributed by atoms with Gasteiger partial charge < -0.3 is 10.2 Å². The van der Waals surface area contributed by atoms with E-state index in [1.807, 2.05) is 0 Å². The fourth-order valence-corrected chi connectivity index (χ4v) is 2.59. The van der Waals surface area contributed by atoms with Crippen LogP contribution in [0, 0.1) is 0 Å². The quantitative estimate of drug-likeness (QED) is 0.919. The van der Waals surface area contributed by atoms with Crippen LogP contribution < -0.4 is 5.32 Å². The summed E-state index contributed by atoms with van der Waals surface area (Å²) in [6, 6.07) is 2.60. The Morgan fingerprint density at radius 3 is 2.48 bits per heavy atom. The Bertz CT molecular complexity index is 527. The van der Waals surface area contributed by atoms with Gasteiger partial charge in [-0.25, -0.2) is 0 Å². The first-order valence-electron chi connectivity index (χ1n) is 6.70. The van der Waals surface area contributed by atoms with Crippen LogP contribution >= 0.6 is 11.6 Å². The van der Waals surface area contributed by atoms with E-state index in [9.17, 15) is 18.0 Å². The van der Waals surface area contributed by atoms with E-state index >= 15 is 0 Å². The Balaban J connectivity index is 2.11. The largest absolute Gasteiger partial charge is 0.416 e. The molecule has 1 saturated heterocycles. The zero-order valence-electron chi connectivity index (χ0n) is 11.5. The zero-order chi connectivity index (χ0) is 15.6. The van der Waals surface area contributed by atoms with E-state index in [0.29, 0.717) is 13.1 Å². The summed E-state index contributed by atoms with van der Waals surface area (Å²) >= 11 is 5.71. The van der Waals surface area contributed by atoms with Crippen molar-refractivity contribution in [3.63, 3.8) is 0 Å². The number of carbonyl (C=O) groups excluding carboxylic acids is 1. The third kappa shape index (κ3) is 4.03. The SMILES string of the molecule is CC(Nc1cc(Cl)cc(C(F)(F)F)c1)C(=O)N1CCCC1. The molecule has 1 aromatic rings. The van der Waals surface area contributed by atoms with Crippen molar-refractivity contribution < 1.29 is 18.0 Å². The fourth-order valence-electron chi connectivity index (χ4n) is 2.36. The smallest absolute Gasteiger partial charge is 0.374 e. The molecular weight excluding hydrogens is 305 g/mol. The third-order valence-electron chi connectivity index (χ3n) is 3.40. The molecule has 1 amide bonds. The van der Waals surface area contributed by atoms with Crippen LogP contribution in [0.5, 0.6) is 0 Å². The maximum atomic E-state index is 12.7. The molecule has 7 heteroatoms. The van der Waals surface area contributed by atoms with Crippen LogP contribution in [-0.2, 0) is 11.0 Å². The Labute approximate surface area is 126 Å². The van der Waals surface area contributed by atoms with Gasteiger partial charge in [0.05, 0.1) is 5.56 Å². The van der Waals surface area contributed by atoms with E-state index in [-0.39, 0.29) is 16.6 Å². The predicted molar refractivity (Wildman–Crippen MR) is 75.4 cm³/mol. The second kappa shape index (κ2) is 6.13. The van der Waals surface area contributed by atoms with Crippen molar-refractivity contribution in [1.29, 1.82) is 0 Å². The molecule has 1 heterocycles. The summed E-state index contributed by atoms with van der Waals surface area (Å²) in [6.45, 7) is 3.04. The third-order valence-corrected chi connectivity index (χ3v) is 3.61. The minimum absolute atomic E-state index is 0.0202. The van der Waals surface area contributed by atoms with Gasteiger partial charge in [0.1, 0.15) is 6.04 Å². The van der Waals surface area contributed by atoms with Crippen molar-refractivity contribution in [3.8, 4) is 0 Å². The van der Waals surface area contributed by atoms with Crippen molar-refractivity contribution in [2.45, 2.75) is 32.0 Å². The summed E-state index contributed by atoms with van der Waals surface area (Å²) in [4.78, 5) is 13.8. The zero-order valence-corrected chi connectivity index (χ0v) is 12.3. The van der Waals surface area contributed by atoms with Gasteiger partial charge in [-0.2, -0.15) is 13.2 Å². The van der Waals surface area contributed by atoms with Gasteiger partial charge in [-0.15, -0.1) is 0 Å². The number of nitrogens with one attached hydrogen (secondary N) is 1. The van der Waals surface area contributed by atoms with Gasteiger partial charge >= 0.3 is 6.18 Å². The number of rotatable bonds is 3. The lowest BCUT2D eigenvalue weighted by Gasteiger charge is -2.22. The number of anilines is 1. The van der Waals surface area contributed by atoms with Gasteiger partial charge in [0.2, 0.25) is 5.91 Å². The Morgan fingerprint density at radius 2 is 1.90 bits per heavy atom. The van der Waals surface area contributed by atoms with Crippen LogP contribution in [0.1, 0.15) is 25.3 Å². The molecule has 0 aromatic heterocycles. The fraction of sp³-hybridized carbons (Fsp3) is 0.500. The molecule has 116 valence electrons. The highest BCUT2D eigenvalue weighted by molar-refractivity contribution is 6.31. The summed E-state index contributed by atoms with van der Waals surface area (Å²) in [5.74, 6) is -0.110. The van der Waals surface area contributed by atoms with Gasteiger partial charge in [0.25, 0.3) is 0 Å². The number of alkyl halides is 3. The molecule has 0 spiro atoms. The number of amides is 1. The molecule has 1 aromatic carbocycles. The lowest BCUT2D eigenvalue weighted by molar-refractivity contribution is -0.137. The van der Waals surface area contributed by atoms with Gasteiger partial charge in [0.15, 0.2) is 0 Å². The minimum Gasteiger partial charge on any atom is -0.374 e. The second-order valence-electron chi connectivity index (χ2n) is 5.12. The van der Waals surface area contributed by atoms with E-state index in [4.69, 9.17) is 11.6 Å². The van der Waals surface area contributed by atoms with E-state index in [0.717, 1.165) is 25.0 Å². The van der Waals surface area contributed by atoms with Gasteiger partial charge in [-0.05, 0) is 38.0 Å². The first-order chi connectivity index (χ1) is 9.77. The van der Waals surface area contributed by atoms with Gasteiger partial charge in [-0.1, -0.05) is 11.6 Å². The first-order valence-corrected chi connectivity index (χ1v) is 7.08. The van der Waals surface area contributed by atoms with Crippen LogP contribution in [0.2, 0.25) is 5.02 Å². The first kappa shape index (κ1) is 15.9. The number of halogens is 4. The molecular formula is C14H16ClF3N2O. The van der Waals surface area contributed by atoms with Crippen LogP contribution in [-0.4, -0.2) is 29.9 Å². The number of benzene rings is 1. The van der Waals surface area contributed by atoms with Crippen LogP contribution in [0.25, 0.3) is 0 Å². The van der Waals surface area contributed by atoms with E-state index in [1.165, 1.54) is 6.07 Å². The molecule has 3 nitrogen and oxygen atoms in total. The highest BCUT2D eigenvalue weighted by atomic mass is 35.5. The molecule has 1 aliphatic rings. The van der Waals surface area contributed by atoms with Crippen molar-refractivity contribution in [3.05, 3.63) is 28.8 Å². The molecule has 1 aliphatic heterocycles. The average molecular weight is 321 g/mol. The Hall–Kier alpha value is -1.43. The number of hydrogen-bond donors (Lipinski definition) is 1. The highest BCUT2D eigenvalue weighted by Crippen LogP contribution is 2.33. The molecule has 1 unspecified atom stereocenters. The van der Waals surface area contributed by atoms with E-state index in [2.05, 4.69) is 5.32 Å². The topological polar surface area (TPSA) is 32.3 Å². The summed E-state index contributed by atoms with van der Waals surface area (Å²) in [7, 11) is 0. The predicted octanol–water partition coefficient (Wildman–Crippen LogP) is 3.78. The van der Waals surface area contributed by atoms with Gasteiger partial charge in [-0.3, -0.25) is 4.79 Å². The maximum Gasteiger partial charge on any atom is 0.416 e. The molecule has 0 bridgehead atoms. The summed E-state index contributed by atoms with van der Waals surface area (Å²) in [5, 5.41) is 2.78. The lowest BCUT2D eigenvalue weighted by Crippen LogP contribution is -2.39. The number of hydrogen-bond acceptors (Lipinski definition) is 2. The molecule has 0 saturated carbocycles. The summed E-state index contributed by atoms with van der Waals surface area (Å²) in [5.41, 5.74) is -0.645. The number of carbonyl (C=O) groups is 1. The normalized spacial score (nSPS) is 16.9. The molecule has 0 aliphatic carbocycles. The summed E-state index contributed by atoms with van der Waals surface area (Å²) in [6.07, 6.45) is -2.54. The highest BCUT2D eigenvalue weighted by Gasteiger charge is 2.31. The van der Waals surface area contributed by atoms with Crippen molar-refractivity contribution >= 4 is 23.2 Å². The summed E-state index contributed by atoms with van der Waals surface area (Å²) < 4.78 is 38.2. The molecule has 21 heavy (non-hydrogen) atoms. The van der Waals surface area contributed by atoms with Crippen molar-refractivity contribution in [1.82, 2.24) is 4.90 Å². The van der Waals surface area contributed by atoms with E-state index < -0.39 is 17.8 Å². The van der Waals surface area contributed by atoms with Crippen molar-refractivity contribution in [2.24, 2.45) is 0 Å². The molecule has 2 rings (SSSR count). The van der Waals surface area contributed by atoms with Crippen LogP contribution in [0.3, 0.4) is 0 Å². The lowest BCUT2D eigenvalue weighted by atomic mass is 10.1. The molecule has 1 atom stereocenters. The monoisotopic (exact) mass is 320 g/mol. The van der Waals surface area contributed by atoms with Crippen molar-refractivity contribution in [2.75, 3.05) is 18.4 Å². The number of nitrogens with zero attached hydrogens (tertiary/aromatic N) is 1. The minimum atomic E-state index is -4.47. The van der Waals surface area contributed by atoms with Crippen LogP contribution in [0.4, 0.5) is 18.9 Å². The van der Waals surface area contributed by atoms with Crippen LogP contribution in [0.15, 0.2) is 18.2 Å². The maximum absolute atomic E-state index is 12.7. The average Bonchev–Trinajstić information content (AvgIpc) is 2.89. The molecule has 1 N–H and O–H groups in total. The Kier molecular flexibility index (Phi) is 4.66. The molecule has 1 fully saturated rings. The molecule has 0 radical (unpaired) electrons. The standard InChI is InChI=1S/C14H16ClF3N2O/c1-9(13(21)20-4-2-3-5-20)19-12-7-10(14(16,17)18)6-11(15)8-12/h6-9,19H,2-5H2,1H3. The van der Waals surface area contributed by atoms with Gasteiger partial charge in [0, 0.05) is 23.8 Å². The number of likely N-dealkylation sites (tertiary alicyclic amines) is 1. The van der Waals surface area contributed by atoms with E-state index in [1.54, 1.807) is 11.8 Å². The second-order valence-corrected chi connectivity index (χ2v) is 5.56. The Morgan fingerprint density at radius 1 is 1.29 bits per heavy atom.